The monoisotopic (exact) mass is 269 g/mol. The van der Waals surface area contributed by atoms with Crippen LogP contribution in [-0.2, 0) is 6.42 Å². The van der Waals surface area contributed by atoms with Crippen molar-refractivity contribution in [2.45, 2.75) is 13.3 Å². The Hall–Kier alpha value is -2.51. The number of nitrogens with zero attached hydrogens (tertiary/aromatic N) is 4. The summed E-state index contributed by atoms with van der Waals surface area (Å²) >= 11 is 0. The first-order valence-electron chi connectivity index (χ1n) is 5.84. The van der Waals surface area contributed by atoms with Gasteiger partial charge in [-0.3, -0.25) is 0 Å². The van der Waals surface area contributed by atoms with Crippen LogP contribution in [0.4, 0.5) is 10.1 Å². The maximum atomic E-state index is 13.4. The lowest BCUT2D eigenvalue weighted by atomic mass is 9.97. The highest BCUT2D eigenvalue weighted by Crippen LogP contribution is 2.24. The van der Waals surface area contributed by atoms with Gasteiger partial charge in [0.2, 0.25) is 11.6 Å². The lowest BCUT2D eigenvalue weighted by Gasteiger charge is -2.08. The summed E-state index contributed by atoms with van der Waals surface area (Å²) < 4.78 is 18.0. The average Bonchev–Trinajstić information content (AvgIpc) is 2.87. The first-order valence-corrected chi connectivity index (χ1v) is 5.84. The molecule has 0 atom stereocenters. The summed E-state index contributed by atoms with van der Waals surface area (Å²) in [7, 11) is 5.40. The lowest BCUT2D eigenvalue weighted by molar-refractivity contribution is 0.315. The minimum absolute atomic E-state index is 0.00715. The average molecular weight is 269 g/mol. The van der Waals surface area contributed by atoms with Crippen molar-refractivity contribution in [1.29, 1.82) is 0 Å². The Morgan fingerprint density at radius 1 is 1.30 bits per heavy atom. The lowest BCUT2D eigenvalue weighted by Crippen LogP contribution is -2.12. The van der Waals surface area contributed by atoms with Crippen molar-refractivity contribution in [3.63, 3.8) is 0 Å². The molecule has 0 fully saturated rings. The summed E-state index contributed by atoms with van der Waals surface area (Å²) in [6, 6.07) is 3.11. The first kappa shape index (κ1) is 12.5. The smallest absolute Gasteiger partial charge is 0.226 e. The molecule has 3 rings (SSSR count). The first-order chi connectivity index (χ1) is 9.56. The minimum atomic E-state index is -0.698. The van der Waals surface area contributed by atoms with Crippen molar-refractivity contribution in [3.05, 3.63) is 35.0 Å². The zero-order valence-electron chi connectivity index (χ0n) is 10.6. The number of fused-ring (bicyclic) bond motifs is 1. The van der Waals surface area contributed by atoms with Gasteiger partial charge in [-0.25, -0.2) is 14.6 Å². The highest BCUT2D eigenvalue weighted by molar-refractivity contribution is 6.32. The van der Waals surface area contributed by atoms with E-state index >= 15 is 0 Å². The molecular weight excluding hydrogens is 260 g/mol. The van der Waals surface area contributed by atoms with E-state index in [9.17, 15) is 4.39 Å². The van der Waals surface area contributed by atoms with Crippen molar-refractivity contribution in [2.75, 3.05) is 5.73 Å². The molecule has 2 radical (unpaired) electrons. The van der Waals surface area contributed by atoms with E-state index in [0.717, 1.165) is 0 Å². The van der Waals surface area contributed by atoms with E-state index in [4.69, 9.17) is 13.6 Å². The fourth-order valence-electron chi connectivity index (χ4n) is 1.98. The number of pyridine rings is 2. The van der Waals surface area contributed by atoms with Crippen molar-refractivity contribution in [2.24, 2.45) is 0 Å². The summed E-state index contributed by atoms with van der Waals surface area (Å²) in [6.07, 6.45) is 0.324. The number of rotatable bonds is 2. The Balaban J connectivity index is 2.07. The molecule has 8 heteroatoms. The second-order valence-electron chi connectivity index (χ2n) is 4.39. The Bertz CT molecular complexity index is 804. The molecule has 98 valence electrons. The van der Waals surface area contributed by atoms with Crippen LogP contribution >= 0.6 is 0 Å². The largest absolute Gasteiger partial charge is 0.396 e. The van der Waals surface area contributed by atoms with E-state index < -0.39 is 5.95 Å². The maximum Gasteiger partial charge on any atom is 0.226 e. The fraction of sp³-hybridized carbons (Fsp3) is 0.167. The molecule has 0 aliphatic rings. The van der Waals surface area contributed by atoms with Crippen molar-refractivity contribution < 1.29 is 9.02 Å². The SMILES string of the molecule is [B]c1ccc(Cc2c(C)nc3nonc3c2N)nc1F. The third-order valence-corrected chi connectivity index (χ3v) is 3.05. The Kier molecular flexibility index (Phi) is 2.85. The van der Waals surface area contributed by atoms with Gasteiger partial charge in [-0.05, 0) is 28.8 Å². The standard InChI is InChI=1S/C12H9BFN5O/c1-5-7(4-6-2-3-8(13)11(14)17-6)9(15)10-12(16-5)19-20-18-10/h2-3H,4,15H2,1H3. The number of hydrogen-bond donors (Lipinski definition) is 1. The van der Waals surface area contributed by atoms with Crippen LogP contribution in [0.5, 0.6) is 0 Å². The quantitative estimate of drug-likeness (QED) is 0.535. The zero-order chi connectivity index (χ0) is 14.3. The van der Waals surface area contributed by atoms with Crippen molar-refractivity contribution in [3.8, 4) is 0 Å². The number of anilines is 1. The summed E-state index contributed by atoms with van der Waals surface area (Å²) in [5.41, 5.74) is 9.07. The van der Waals surface area contributed by atoms with Gasteiger partial charge in [-0.1, -0.05) is 6.07 Å². The van der Waals surface area contributed by atoms with Gasteiger partial charge in [-0.15, -0.1) is 0 Å². The van der Waals surface area contributed by atoms with Gasteiger partial charge < -0.3 is 5.73 Å². The van der Waals surface area contributed by atoms with Crippen LogP contribution in [0.25, 0.3) is 11.2 Å². The zero-order valence-corrected chi connectivity index (χ0v) is 10.6. The molecule has 0 saturated carbocycles. The van der Waals surface area contributed by atoms with E-state index in [-0.39, 0.29) is 5.46 Å². The number of halogens is 1. The van der Waals surface area contributed by atoms with Gasteiger partial charge >= 0.3 is 0 Å². The summed E-state index contributed by atoms with van der Waals surface area (Å²) in [6.45, 7) is 1.79. The molecule has 0 bridgehead atoms. The van der Waals surface area contributed by atoms with Crippen molar-refractivity contribution >= 4 is 30.2 Å². The van der Waals surface area contributed by atoms with Gasteiger partial charge in [0.1, 0.15) is 7.85 Å². The highest BCUT2D eigenvalue weighted by Gasteiger charge is 2.15. The molecule has 3 aromatic heterocycles. The van der Waals surface area contributed by atoms with Gasteiger partial charge in [0.25, 0.3) is 0 Å². The van der Waals surface area contributed by atoms with Crippen LogP contribution < -0.4 is 11.2 Å². The summed E-state index contributed by atoms with van der Waals surface area (Å²) in [5, 5.41) is 7.35. The van der Waals surface area contributed by atoms with Gasteiger partial charge in [-0.2, -0.15) is 4.39 Å². The van der Waals surface area contributed by atoms with Gasteiger partial charge in [0, 0.05) is 23.4 Å². The topological polar surface area (TPSA) is 90.7 Å². The molecule has 3 heterocycles. The molecule has 2 N–H and O–H groups in total. The molecule has 0 aromatic carbocycles. The van der Waals surface area contributed by atoms with Gasteiger partial charge in [0.15, 0.2) is 5.52 Å². The molecule has 0 aliphatic heterocycles. The number of aryl methyl sites for hydroxylation is 1. The van der Waals surface area contributed by atoms with E-state index in [1.807, 2.05) is 0 Å². The van der Waals surface area contributed by atoms with Crippen molar-refractivity contribution in [1.82, 2.24) is 20.3 Å². The Morgan fingerprint density at radius 2 is 2.10 bits per heavy atom. The Morgan fingerprint density at radius 3 is 2.85 bits per heavy atom. The normalized spacial score (nSPS) is 11.1. The molecule has 0 saturated heterocycles. The molecule has 0 amide bonds. The second kappa shape index (κ2) is 4.55. The van der Waals surface area contributed by atoms with E-state index in [2.05, 4.69) is 24.9 Å². The predicted octanol–water partition coefficient (Wildman–Crippen LogP) is 0.427. The molecular formula is C12H9BFN5O. The van der Waals surface area contributed by atoms with E-state index in [0.29, 0.717) is 40.2 Å². The second-order valence-corrected chi connectivity index (χ2v) is 4.39. The number of aromatic nitrogens is 4. The van der Waals surface area contributed by atoms with Crippen LogP contribution in [0.3, 0.4) is 0 Å². The minimum Gasteiger partial charge on any atom is -0.396 e. The van der Waals surface area contributed by atoms with Gasteiger partial charge in [0.05, 0.1) is 5.69 Å². The summed E-state index contributed by atoms with van der Waals surface area (Å²) in [5.74, 6) is -0.698. The van der Waals surface area contributed by atoms with Crippen LogP contribution in [-0.4, -0.2) is 28.1 Å². The van der Waals surface area contributed by atoms with E-state index in [1.165, 1.54) is 6.07 Å². The van der Waals surface area contributed by atoms with Crippen LogP contribution in [0, 0.1) is 12.9 Å². The molecule has 0 spiro atoms. The molecule has 0 aliphatic carbocycles. The number of hydrogen-bond acceptors (Lipinski definition) is 6. The number of nitrogens with two attached hydrogens (primary N) is 1. The van der Waals surface area contributed by atoms with E-state index in [1.54, 1.807) is 13.0 Å². The third kappa shape index (κ3) is 1.99. The predicted molar refractivity (Wildman–Crippen MR) is 71.1 cm³/mol. The third-order valence-electron chi connectivity index (χ3n) is 3.05. The fourth-order valence-corrected chi connectivity index (χ4v) is 1.98. The molecule has 20 heavy (non-hydrogen) atoms. The molecule has 6 nitrogen and oxygen atoms in total. The summed E-state index contributed by atoms with van der Waals surface area (Å²) in [4.78, 5) is 8.02. The Labute approximate surface area is 114 Å². The molecule has 3 aromatic rings. The maximum absolute atomic E-state index is 13.4. The highest BCUT2D eigenvalue weighted by atomic mass is 19.1. The molecule has 0 unspecified atom stereocenters. The number of nitrogen functional groups attached to an aromatic ring is 1. The van der Waals surface area contributed by atoms with Crippen LogP contribution in [0.1, 0.15) is 17.0 Å². The van der Waals surface area contributed by atoms with Crippen LogP contribution in [0.15, 0.2) is 16.8 Å². The van der Waals surface area contributed by atoms with Crippen LogP contribution in [0.2, 0.25) is 0 Å².